The number of aromatic nitrogens is 2. The normalized spacial score (nSPS) is 11.9. The van der Waals surface area contributed by atoms with Crippen molar-refractivity contribution in [2.75, 3.05) is 17.4 Å². The Labute approximate surface area is 170 Å². The average molecular weight is 414 g/mol. The van der Waals surface area contributed by atoms with Gasteiger partial charge in [-0.15, -0.1) is 0 Å². The molecule has 0 saturated heterocycles. The lowest BCUT2D eigenvalue weighted by Crippen LogP contribution is -2.08. The molecule has 0 unspecified atom stereocenters. The third-order valence-electron chi connectivity index (χ3n) is 4.34. The summed E-state index contributed by atoms with van der Waals surface area (Å²) in [7, 11) is 0. The number of benzene rings is 2. The molecule has 29 heavy (non-hydrogen) atoms. The number of nitrogens with one attached hydrogen (secondary N) is 2. The van der Waals surface area contributed by atoms with Gasteiger partial charge in [0.1, 0.15) is 6.33 Å². The fourth-order valence-electron chi connectivity index (χ4n) is 2.82. The summed E-state index contributed by atoms with van der Waals surface area (Å²) in [6.07, 6.45) is 1.26. The molecule has 0 bridgehead atoms. The first-order valence-corrected chi connectivity index (χ1v) is 9.04. The van der Waals surface area contributed by atoms with E-state index < -0.39 is 4.92 Å². The number of halogens is 1. The highest BCUT2D eigenvalue weighted by Crippen LogP contribution is 2.34. The molecule has 0 radical (unpaired) electrons. The smallest absolute Gasteiger partial charge is 0.353 e. The van der Waals surface area contributed by atoms with E-state index in [1.54, 1.807) is 18.2 Å². The fraction of sp³-hybridized carbons (Fsp3) is 0.158. The fourth-order valence-corrected chi connectivity index (χ4v) is 3.00. The van der Waals surface area contributed by atoms with Crippen LogP contribution in [-0.4, -0.2) is 21.7 Å². The third kappa shape index (κ3) is 3.99. The molecular formula is C19H16ClN5O4. The number of nitrogens with zero attached hydrogens (tertiary/aromatic N) is 3. The van der Waals surface area contributed by atoms with E-state index in [9.17, 15) is 10.1 Å². The zero-order chi connectivity index (χ0) is 20.4. The molecule has 0 amide bonds. The molecule has 1 aliphatic rings. The molecule has 3 aromatic rings. The van der Waals surface area contributed by atoms with Crippen molar-refractivity contribution >= 4 is 34.6 Å². The molecule has 9 nitrogen and oxygen atoms in total. The van der Waals surface area contributed by atoms with Gasteiger partial charge in [0.2, 0.25) is 18.4 Å². The molecule has 10 heteroatoms. The Morgan fingerprint density at radius 2 is 1.93 bits per heavy atom. The van der Waals surface area contributed by atoms with E-state index in [2.05, 4.69) is 20.6 Å². The Kier molecular flexibility index (Phi) is 5.05. The van der Waals surface area contributed by atoms with Crippen molar-refractivity contribution in [2.24, 2.45) is 0 Å². The van der Waals surface area contributed by atoms with Crippen LogP contribution in [0.1, 0.15) is 11.1 Å². The minimum Gasteiger partial charge on any atom is -0.454 e. The lowest BCUT2D eigenvalue weighted by Gasteiger charge is -2.11. The van der Waals surface area contributed by atoms with Crippen molar-refractivity contribution in [1.82, 2.24) is 9.97 Å². The molecule has 1 aromatic heterocycles. The number of hydrogen-bond acceptors (Lipinski definition) is 8. The van der Waals surface area contributed by atoms with Crippen molar-refractivity contribution in [2.45, 2.75) is 13.5 Å². The van der Waals surface area contributed by atoms with E-state index in [1.807, 2.05) is 25.1 Å². The molecule has 0 saturated carbocycles. The summed E-state index contributed by atoms with van der Waals surface area (Å²) in [6, 6.07) is 10.7. The maximum atomic E-state index is 11.7. The van der Waals surface area contributed by atoms with Gasteiger partial charge in [-0.25, -0.2) is 9.97 Å². The zero-order valence-electron chi connectivity index (χ0n) is 15.3. The predicted molar refractivity (Wildman–Crippen MR) is 108 cm³/mol. The topological polar surface area (TPSA) is 111 Å². The molecule has 0 fully saturated rings. The van der Waals surface area contributed by atoms with Gasteiger partial charge in [0.05, 0.1) is 4.92 Å². The van der Waals surface area contributed by atoms with Gasteiger partial charge >= 0.3 is 5.69 Å². The number of aryl methyl sites for hydroxylation is 1. The Hall–Kier alpha value is -3.59. The first-order valence-electron chi connectivity index (χ1n) is 8.66. The van der Waals surface area contributed by atoms with Crippen LogP contribution in [0, 0.1) is 17.0 Å². The van der Waals surface area contributed by atoms with Gasteiger partial charge in [0.15, 0.2) is 11.5 Å². The number of nitro groups is 1. The molecule has 148 valence electrons. The summed E-state index contributed by atoms with van der Waals surface area (Å²) >= 11 is 6.13. The largest absolute Gasteiger partial charge is 0.454 e. The summed E-state index contributed by atoms with van der Waals surface area (Å²) in [5.41, 5.74) is 2.09. The van der Waals surface area contributed by atoms with Gasteiger partial charge in [-0.05, 0) is 42.3 Å². The predicted octanol–water partition coefficient (Wildman–Crippen LogP) is 4.43. The van der Waals surface area contributed by atoms with E-state index in [0.29, 0.717) is 28.8 Å². The van der Waals surface area contributed by atoms with Crippen LogP contribution in [0.25, 0.3) is 0 Å². The molecule has 2 N–H and O–H groups in total. The van der Waals surface area contributed by atoms with E-state index >= 15 is 0 Å². The molecule has 0 spiro atoms. The number of ether oxygens (including phenoxy) is 2. The van der Waals surface area contributed by atoms with Crippen molar-refractivity contribution in [3.8, 4) is 11.5 Å². The van der Waals surface area contributed by atoms with E-state index in [-0.39, 0.29) is 24.1 Å². The first kappa shape index (κ1) is 18.8. The molecule has 0 atom stereocenters. The van der Waals surface area contributed by atoms with Crippen molar-refractivity contribution in [3.05, 3.63) is 69.0 Å². The quantitative estimate of drug-likeness (QED) is 0.451. The van der Waals surface area contributed by atoms with Gasteiger partial charge in [-0.1, -0.05) is 23.7 Å². The van der Waals surface area contributed by atoms with Crippen LogP contribution in [0.2, 0.25) is 5.02 Å². The van der Waals surface area contributed by atoms with Gasteiger partial charge in [0.25, 0.3) is 0 Å². The van der Waals surface area contributed by atoms with Gasteiger partial charge < -0.3 is 20.1 Å². The summed E-state index contributed by atoms with van der Waals surface area (Å²) in [4.78, 5) is 19.2. The molecule has 4 rings (SSSR count). The summed E-state index contributed by atoms with van der Waals surface area (Å²) in [5, 5.41) is 18.2. The van der Waals surface area contributed by atoms with Gasteiger partial charge in [0, 0.05) is 17.3 Å². The van der Waals surface area contributed by atoms with Crippen LogP contribution >= 0.6 is 11.6 Å². The van der Waals surface area contributed by atoms with Crippen LogP contribution in [-0.2, 0) is 6.54 Å². The van der Waals surface area contributed by atoms with Gasteiger partial charge in [-0.3, -0.25) is 10.1 Å². The molecule has 0 aliphatic carbocycles. The van der Waals surface area contributed by atoms with Crippen molar-refractivity contribution < 1.29 is 14.4 Å². The Balaban J connectivity index is 1.57. The molecule has 2 aromatic carbocycles. The summed E-state index contributed by atoms with van der Waals surface area (Å²) in [5.74, 6) is 1.48. The minimum atomic E-state index is -0.528. The standard InChI is InChI=1S/C19H16ClN5O4/c1-11-2-4-13(7-14(11)20)24-19-17(25(26)27)18(22-9-23-19)21-8-12-3-5-15-16(6-12)29-10-28-15/h2-7,9H,8,10H2,1H3,(H2,21,22,23,24). The number of anilines is 3. The van der Waals surface area contributed by atoms with E-state index in [0.717, 1.165) is 11.1 Å². The average Bonchev–Trinajstić information content (AvgIpc) is 3.17. The highest BCUT2D eigenvalue weighted by molar-refractivity contribution is 6.31. The van der Waals surface area contributed by atoms with Crippen LogP contribution in [0.3, 0.4) is 0 Å². The Bertz CT molecular complexity index is 1090. The summed E-state index contributed by atoms with van der Waals surface area (Å²) in [6.45, 7) is 2.36. The van der Waals surface area contributed by atoms with Gasteiger partial charge in [-0.2, -0.15) is 0 Å². The van der Waals surface area contributed by atoms with Crippen LogP contribution in [0.5, 0.6) is 11.5 Å². The second-order valence-corrected chi connectivity index (χ2v) is 6.71. The van der Waals surface area contributed by atoms with Crippen molar-refractivity contribution in [1.29, 1.82) is 0 Å². The highest BCUT2D eigenvalue weighted by atomic mass is 35.5. The highest BCUT2D eigenvalue weighted by Gasteiger charge is 2.23. The van der Waals surface area contributed by atoms with E-state index in [4.69, 9.17) is 21.1 Å². The van der Waals surface area contributed by atoms with Crippen molar-refractivity contribution in [3.63, 3.8) is 0 Å². The number of fused-ring (bicyclic) bond motifs is 1. The zero-order valence-corrected chi connectivity index (χ0v) is 16.1. The number of rotatable bonds is 6. The number of hydrogen-bond donors (Lipinski definition) is 2. The molecular weight excluding hydrogens is 398 g/mol. The third-order valence-corrected chi connectivity index (χ3v) is 4.74. The SMILES string of the molecule is Cc1ccc(Nc2ncnc(NCc3ccc4c(c3)OCO4)c2[N+](=O)[O-])cc1Cl. The van der Waals surface area contributed by atoms with Crippen LogP contribution in [0.15, 0.2) is 42.7 Å². The van der Waals surface area contributed by atoms with Crippen LogP contribution < -0.4 is 20.1 Å². The lowest BCUT2D eigenvalue weighted by molar-refractivity contribution is -0.383. The van der Waals surface area contributed by atoms with E-state index in [1.165, 1.54) is 6.33 Å². The second kappa shape index (κ2) is 7.80. The van der Waals surface area contributed by atoms with Crippen LogP contribution in [0.4, 0.5) is 23.0 Å². The maximum Gasteiger partial charge on any atom is 0.353 e. The molecule has 1 aliphatic heterocycles. The minimum absolute atomic E-state index is 0.0677. The summed E-state index contributed by atoms with van der Waals surface area (Å²) < 4.78 is 10.6. The first-order chi connectivity index (χ1) is 14.0. The lowest BCUT2D eigenvalue weighted by atomic mass is 10.2. The second-order valence-electron chi connectivity index (χ2n) is 6.31. The molecule has 2 heterocycles. The monoisotopic (exact) mass is 413 g/mol. The maximum absolute atomic E-state index is 11.7. The Morgan fingerprint density at radius 1 is 1.14 bits per heavy atom. The Morgan fingerprint density at radius 3 is 2.72 bits per heavy atom.